The standard InChI is InChI=1S/C19H25Cl2N5O2/c20-15-2-1-14(11-16(15)21)26-8-3-17(24-26)23-18(27)12-25-9-10-28-19(13-25)4-6-22-7-5-19/h1-2,11,22H,3-10,12-13H2,(H,23,24,27). The van der Waals surface area contributed by atoms with Gasteiger partial charge < -0.3 is 15.4 Å². The molecule has 0 unspecified atom stereocenters. The number of halogens is 2. The number of amidine groups is 1. The molecular weight excluding hydrogens is 401 g/mol. The van der Waals surface area contributed by atoms with Gasteiger partial charge in [0.05, 0.1) is 34.5 Å². The highest BCUT2D eigenvalue weighted by molar-refractivity contribution is 6.42. The van der Waals surface area contributed by atoms with E-state index in [0.717, 1.165) is 44.7 Å². The fourth-order valence-corrected chi connectivity index (χ4v) is 4.32. The van der Waals surface area contributed by atoms with Crippen LogP contribution in [0, 0.1) is 0 Å². The summed E-state index contributed by atoms with van der Waals surface area (Å²) in [4.78, 5) is 14.7. The van der Waals surface area contributed by atoms with Crippen LogP contribution in [0.1, 0.15) is 19.3 Å². The van der Waals surface area contributed by atoms with Gasteiger partial charge in [-0.3, -0.25) is 14.7 Å². The van der Waals surface area contributed by atoms with Crippen LogP contribution in [-0.4, -0.2) is 68.1 Å². The highest BCUT2D eigenvalue weighted by atomic mass is 35.5. The van der Waals surface area contributed by atoms with E-state index in [1.807, 2.05) is 11.1 Å². The maximum atomic E-state index is 12.5. The fraction of sp³-hybridized carbons (Fsp3) is 0.579. The lowest BCUT2D eigenvalue weighted by atomic mass is 9.90. The first-order chi connectivity index (χ1) is 13.5. The monoisotopic (exact) mass is 425 g/mol. The number of anilines is 1. The van der Waals surface area contributed by atoms with Crippen LogP contribution in [0.3, 0.4) is 0 Å². The van der Waals surface area contributed by atoms with Gasteiger partial charge in [-0.2, -0.15) is 5.10 Å². The number of rotatable bonds is 3. The Balaban J connectivity index is 1.31. The molecule has 3 aliphatic heterocycles. The van der Waals surface area contributed by atoms with Gasteiger partial charge in [-0.05, 0) is 44.1 Å². The molecule has 4 rings (SSSR count). The summed E-state index contributed by atoms with van der Waals surface area (Å²) < 4.78 is 6.07. The summed E-state index contributed by atoms with van der Waals surface area (Å²) in [6, 6.07) is 5.40. The Morgan fingerprint density at radius 2 is 2.07 bits per heavy atom. The Bertz CT molecular complexity index is 761. The second-order valence-corrected chi connectivity index (χ2v) is 8.37. The van der Waals surface area contributed by atoms with Crippen molar-refractivity contribution in [2.45, 2.75) is 24.9 Å². The van der Waals surface area contributed by atoms with Crippen LogP contribution in [0.4, 0.5) is 5.69 Å². The lowest BCUT2D eigenvalue weighted by Gasteiger charge is -2.44. The normalized spacial score (nSPS) is 22.4. The van der Waals surface area contributed by atoms with E-state index < -0.39 is 0 Å². The number of piperidine rings is 1. The molecule has 2 saturated heterocycles. The summed E-state index contributed by atoms with van der Waals surface area (Å²) in [5.74, 6) is 0.654. The number of hydrazone groups is 1. The minimum atomic E-state index is -0.0979. The van der Waals surface area contributed by atoms with E-state index in [1.165, 1.54) is 0 Å². The van der Waals surface area contributed by atoms with Crippen molar-refractivity contribution in [3.05, 3.63) is 28.2 Å². The molecule has 0 bridgehead atoms. The van der Waals surface area contributed by atoms with Gasteiger partial charge in [0.25, 0.3) is 0 Å². The summed E-state index contributed by atoms with van der Waals surface area (Å²) in [5.41, 5.74) is 0.763. The first kappa shape index (κ1) is 19.9. The van der Waals surface area contributed by atoms with E-state index in [9.17, 15) is 4.79 Å². The van der Waals surface area contributed by atoms with Gasteiger partial charge >= 0.3 is 0 Å². The summed E-state index contributed by atoms with van der Waals surface area (Å²) in [6.45, 7) is 5.28. The molecule has 3 aliphatic rings. The van der Waals surface area contributed by atoms with Gasteiger partial charge in [0.15, 0.2) is 0 Å². The minimum Gasteiger partial charge on any atom is -0.372 e. The molecular formula is C19H25Cl2N5O2. The fourth-order valence-electron chi connectivity index (χ4n) is 4.02. The third kappa shape index (κ3) is 4.60. The molecule has 0 aromatic heterocycles. The zero-order chi connectivity index (χ0) is 19.6. The number of benzene rings is 1. The Morgan fingerprint density at radius 3 is 2.86 bits per heavy atom. The maximum Gasteiger partial charge on any atom is 0.239 e. The van der Waals surface area contributed by atoms with Crippen LogP contribution in [0.2, 0.25) is 10.0 Å². The quantitative estimate of drug-likeness (QED) is 0.775. The average Bonchev–Trinajstić information content (AvgIpc) is 3.13. The van der Waals surface area contributed by atoms with Crippen molar-refractivity contribution >= 4 is 40.6 Å². The number of hydrogen-bond donors (Lipinski definition) is 2. The molecule has 1 spiro atoms. The molecule has 0 aliphatic carbocycles. The van der Waals surface area contributed by atoms with Gasteiger partial charge in [0.1, 0.15) is 5.84 Å². The minimum absolute atomic E-state index is 0.0271. The van der Waals surface area contributed by atoms with Gasteiger partial charge in [-0.25, -0.2) is 0 Å². The molecule has 28 heavy (non-hydrogen) atoms. The summed E-state index contributed by atoms with van der Waals surface area (Å²) in [6.07, 6.45) is 2.68. The van der Waals surface area contributed by atoms with Crippen molar-refractivity contribution in [3.8, 4) is 0 Å². The predicted molar refractivity (Wildman–Crippen MR) is 111 cm³/mol. The van der Waals surface area contributed by atoms with E-state index in [2.05, 4.69) is 20.6 Å². The topological polar surface area (TPSA) is 69.2 Å². The van der Waals surface area contributed by atoms with Crippen molar-refractivity contribution in [2.24, 2.45) is 5.10 Å². The number of carbonyl (C=O) groups is 1. The lowest BCUT2D eigenvalue weighted by Crippen LogP contribution is -2.57. The van der Waals surface area contributed by atoms with Crippen LogP contribution in [0.25, 0.3) is 0 Å². The molecule has 1 amide bonds. The SMILES string of the molecule is O=C(CN1CCOC2(CCNCC2)C1)NC1=NN(c2ccc(Cl)c(Cl)c2)CC1. The number of nitrogens with zero attached hydrogens (tertiary/aromatic N) is 3. The second-order valence-electron chi connectivity index (χ2n) is 7.56. The van der Waals surface area contributed by atoms with Crippen LogP contribution >= 0.6 is 23.2 Å². The van der Waals surface area contributed by atoms with E-state index in [-0.39, 0.29) is 11.5 Å². The number of nitrogens with one attached hydrogen (secondary N) is 2. The molecule has 9 heteroatoms. The van der Waals surface area contributed by atoms with Gasteiger partial charge in [-0.1, -0.05) is 23.2 Å². The smallest absolute Gasteiger partial charge is 0.239 e. The highest BCUT2D eigenvalue weighted by Gasteiger charge is 2.38. The molecule has 2 fully saturated rings. The Kier molecular flexibility index (Phi) is 6.08. The molecule has 2 N–H and O–H groups in total. The molecule has 1 aromatic rings. The van der Waals surface area contributed by atoms with Crippen molar-refractivity contribution < 1.29 is 9.53 Å². The number of morpholine rings is 1. The van der Waals surface area contributed by atoms with Crippen LogP contribution < -0.4 is 15.6 Å². The highest BCUT2D eigenvalue weighted by Crippen LogP contribution is 2.29. The van der Waals surface area contributed by atoms with Gasteiger partial charge in [-0.15, -0.1) is 0 Å². The van der Waals surface area contributed by atoms with Crippen LogP contribution in [-0.2, 0) is 9.53 Å². The number of hydrogen-bond acceptors (Lipinski definition) is 6. The number of carbonyl (C=O) groups excluding carboxylic acids is 1. The van der Waals surface area contributed by atoms with E-state index in [0.29, 0.717) is 42.0 Å². The number of amides is 1. The van der Waals surface area contributed by atoms with Crippen LogP contribution in [0.15, 0.2) is 23.3 Å². The van der Waals surface area contributed by atoms with Crippen molar-refractivity contribution in [1.82, 2.24) is 15.5 Å². The second kappa shape index (κ2) is 8.55. The van der Waals surface area contributed by atoms with Crippen molar-refractivity contribution in [2.75, 3.05) is 50.9 Å². The summed E-state index contributed by atoms with van der Waals surface area (Å²) in [5, 5.41) is 13.7. The van der Waals surface area contributed by atoms with Crippen LogP contribution in [0.5, 0.6) is 0 Å². The first-order valence-corrected chi connectivity index (χ1v) is 10.5. The molecule has 7 nitrogen and oxygen atoms in total. The molecule has 1 aromatic carbocycles. The zero-order valence-electron chi connectivity index (χ0n) is 15.7. The van der Waals surface area contributed by atoms with E-state index in [1.54, 1.807) is 12.1 Å². The Hall–Kier alpha value is -1.38. The third-order valence-corrected chi connectivity index (χ3v) is 6.24. The molecule has 0 saturated carbocycles. The molecule has 3 heterocycles. The lowest BCUT2D eigenvalue weighted by molar-refractivity contribution is -0.135. The van der Waals surface area contributed by atoms with Gasteiger partial charge in [0.2, 0.25) is 5.91 Å². The van der Waals surface area contributed by atoms with Crippen molar-refractivity contribution in [3.63, 3.8) is 0 Å². The van der Waals surface area contributed by atoms with Crippen molar-refractivity contribution in [1.29, 1.82) is 0 Å². The first-order valence-electron chi connectivity index (χ1n) is 9.70. The summed E-state index contributed by atoms with van der Waals surface area (Å²) in [7, 11) is 0. The number of ether oxygens (including phenoxy) is 1. The summed E-state index contributed by atoms with van der Waals surface area (Å²) >= 11 is 12.1. The average molecular weight is 426 g/mol. The Labute approximate surface area is 175 Å². The van der Waals surface area contributed by atoms with E-state index in [4.69, 9.17) is 27.9 Å². The van der Waals surface area contributed by atoms with E-state index >= 15 is 0 Å². The molecule has 152 valence electrons. The predicted octanol–water partition coefficient (Wildman–Crippen LogP) is 2.09. The Morgan fingerprint density at radius 1 is 1.25 bits per heavy atom. The molecule has 0 atom stereocenters. The molecule has 0 radical (unpaired) electrons. The third-order valence-electron chi connectivity index (χ3n) is 5.50. The maximum absolute atomic E-state index is 12.5. The zero-order valence-corrected chi connectivity index (χ0v) is 17.2. The van der Waals surface area contributed by atoms with Gasteiger partial charge in [0, 0.05) is 26.1 Å². The largest absolute Gasteiger partial charge is 0.372 e.